The zero-order chi connectivity index (χ0) is 8.69. The zero-order valence-electron chi connectivity index (χ0n) is 8.30. The molecular formula is C10H21N. The summed E-state index contributed by atoms with van der Waals surface area (Å²) >= 11 is 0. The highest BCUT2D eigenvalue weighted by Gasteiger charge is 1.99. The van der Waals surface area contributed by atoms with Crippen molar-refractivity contribution in [2.75, 3.05) is 0 Å². The quantitative estimate of drug-likeness (QED) is 0.540. The molecule has 0 aromatic heterocycles. The van der Waals surface area contributed by atoms with Crippen molar-refractivity contribution in [1.82, 2.24) is 0 Å². The number of hydrogen-bond acceptors (Lipinski definition) is 1. The predicted molar refractivity (Wildman–Crippen MR) is 52.3 cm³/mol. The zero-order valence-corrected chi connectivity index (χ0v) is 8.30. The van der Waals surface area contributed by atoms with Crippen LogP contribution in [0.1, 0.15) is 47.0 Å². The second-order valence-electron chi connectivity index (χ2n) is 3.35. The van der Waals surface area contributed by atoms with Crippen molar-refractivity contribution >= 4 is 6.21 Å². The average Bonchev–Trinajstić information content (AvgIpc) is 1.97. The third-order valence-corrected chi connectivity index (χ3v) is 1.78. The summed E-state index contributed by atoms with van der Waals surface area (Å²) in [6.07, 6.45) is 5.91. The molecule has 0 spiro atoms. The molecule has 0 aliphatic heterocycles. The topological polar surface area (TPSA) is 12.4 Å². The smallest absolute Gasteiger partial charge is 0.0439 e. The fourth-order valence-electron chi connectivity index (χ4n) is 1.05. The molecule has 0 bridgehead atoms. The highest BCUT2D eigenvalue weighted by Crippen LogP contribution is 2.07. The first-order valence-electron chi connectivity index (χ1n) is 4.74. The van der Waals surface area contributed by atoms with Crippen LogP contribution in [0.25, 0.3) is 0 Å². The molecule has 0 rings (SSSR count). The van der Waals surface area contributed by atoms with E-state index in [4.69, 9.17) is 0 Å². The second-order valence-corrected chi connectivity index (χ2v) is 3.35. The minimum atomic E-state index is 0.459. The summed E-state index contributed by atoms with van der Waals surface area (Å²) in [5.41, 5.74) is 0. The maximum Gasteiger partial charge on any atom is 0.0439 e. The van der Waals surface area contributed by atoms with Gasteiger partial charge in [0, 0.05) is 12.3 Å². The van der Waals surface area contributed by atoms with E-state index >= 15 is 0 Å². The van der Waals surface area contributed by atoms with Crippen LogP contribution in [0.3, 0.4) is 0 Å². The molecule has 0 saturated heterocycles. The predicted octanol–water partition coefficient (Wildman–Crippen LogP) is 3.29. The maximum atomic E-state index is 4.39. The molecule has 0 radical (unpaired) electrons. The summed E-state index contributed by atoms with van der Waals surface area (Å²) in [5.74, 6) is 0.711. The van der Waals surface area contributed by atoms with E-state index in [2.05, 4.69) is 38.9 Å². The third-order valence-electron chi connectivity index (χ3n) is 1.78. The lowest BCUT2D eigenvalue weighted by Gasteiger charge is -2.07. The monoisotopic (exact) mass is 155 g/mol. The summed E-state index contributed by atoms with van der Waals surface area (Å²) in [6, 6.07) is 0.459. The maximum absolute atomic E-state index is 4.39. The first kappa shape index (κ1) is 10.7. The highest BCUT2D eigenvalue weighted by molar-refractivity contribution is 5.60. The average molecular weight is 155 g/mol. The summed E-state index contributed by atoms with van der Waals surface area (Å²) in [4.78, 5) is 4.39. The fraction of sp³-hybridized carbons (Fsp3) is 0.900. The Balaban J connectivity index is 3.66. The number of nitrogens with zero attached hydrogens (tertiary/aromatic N) is 1. The molecule has 0 aromatic rings. The van der Waals surface area contributed by atoms with Gasteiger partial charge in [0.1, 0.15) is 0 Å². The van der Waals surface area contributed by atoms with Gasteiger partial charge in [0.05, 0.1) is 0 Å². The van der Waals surface area contributed by atoms with E-state index in [1.54, 1.807) is 0 Å². The van der Waals surface area contributed by atoms with Crippen LogP contribution in [0.4, 0.5) is 0 Å². The van der Waals surface area contributed by atoms with Crippen molar-refractivity contribution in [3.05, 3.63) is 0 Å². The largest absolute Gasteiger partial charge is 0.295 e. The van der Waals surface area contributed by atoms with Crippen molar-refractivity contribution in [2.45, 2.75) is 53.0 Å². The number of hydrogen-bond donors (Lipinski definition) is 0. The van der Waals surface area contributed by atoms with Crippen LogP contribution < -0.4 is 0 Å². The molecule has 1 unspecified atom stereocenters. The van der Waals surface area contributed by atoms with Crippen LogP contribution in [0.5, 0.6) is 0 Å². The molecule has 0 saturated carbocycles. The molecule has 66 valence electrons. The van der Waals surface area contributed by atoms with E-state index in [1.165, 1.54) is 19.3 Å². The lowest BCUT2D eigenvalue weighted by atomic mass is 10.0. The highest BCUT2D eigenvalue weighted by atomic mass is 14.7. The molecule has 0 aliphatic rings. The first-order chi connectivity index (χ1) is 5.20. The van der Waals surface area contributed by atoms with Crippen molar-refractivity contribution in [2.24, 2.45) is 10.9 Å². The van der Waals surface area contributed by atoms with E-state index in [-0.39, 0.29) is 0 Å². The number of aliphatic imine (C=N–C) groups is 1. The molecule has 0 amide bonds. The van der Waals surface area contributed by atoms with E-state index in [0.29, 0.717) is 12.0 Å². The third kappa shape index (κ3) is 6.08. The van der Waals surface area contributed by atoms with Gasteiger partial charge < -0.3 is 0 Å². The Morgan fingerprint density at radius 1 is 1.27 bits per heavy atom. The molecule has 11 heavy (non-hydrogen) atoms. The van der Waals surface area contributed by atoms with Crippen molar-refractivity contribution in [1.29, 1.82) is 0 Å². The molecule has 0 heterocycles. The van der Waals surface area contributed by atoms with Crippen LogP contribution in [0, 0.1) is 5.92 Å². The van der Waals surface area contributed by atoms with Gasteiger partial charge in [0.25, 0.3) is 0 Å². The SMILES string of the molecule is CCCC(C=NC(C)C)CC. The summed E-state index contributed by atoms with van der Waals surface area (Å²) in [6.45, 7) is 8.70. The summed E-state index contributed by atoms with van der Waals surface area (Å²) < 4.78 is 0. The lowest BCUT2D eigenvalue weighted by Crippen LogP contribution is -2.01. The van der Waals surface area contributed by atoms with Crippen molar-refractivity contribution in [3.8, 4) is 0 Å². The van der Waals surface area contributed by atoms with E-state index in [0.717, 1.165) is 0 Å². The lowest BCUT2D eigenvalue weighted by molar-refractivity contribution is 0.600. The van der Waals surface area contributed by atoms with Gasteiger partial charge in [-0.15, -0.1) is 0 Å². The van der Waals surface area contributed by atoms with Crippen LogP contribution in [0.15, 0.2) is 4.99 Å². The minimum absolute atomic E-state index is 0.459. The van der Waals surface area contributed by atoms with Gasteiger partial charge in [-0.05, 0) is 32.6 Å². The Bertz CT molecular complexity index is 105. The van der Waals surface area contributed by atoms with Crippen molar-refractivity contribution < 1.29 is 0 Å². The molecule has 0 aromatic carbocycles. The molecule has 0 aliphatic carbocycles. The molecule has 0 fully saturated rings. The second kappa shape index (κ2) is 6.38. The van der Waals surface area contributed by atoms with Gasteiger partial charge in [-0.2, -0.15) is 0 Å². The molecule has 1 atom stereocenters. The minimum Gasteiger partial charge on any atom is -0.295 e. The molecular weight excluding hydrogens is 134 g/mol. The first-order valence-corrected chi connectivity index (χ1v) is 4.74. The molecule has 1 nitrogen and oxygen atoms in total. The van der Waals surface area contributed by atoms with Crippen LogP contribution in [0.2, 0.25) is 0 Å². The van der Waals surface area contributed by atoms with Crippen molar-refractivity contribution in [3.63, 3.8) is 0 Å². The van der Waals surface area contributed by atoms with Crippen LogP contribution in [-0.2, 0) is 0 Å². The Morgan fingerprint density at radius 3 is 2.27 bits per heavy atom. The van der Waals surface area contributed by atoms with Gasteiger partial charge in [-0.3, -0.25) is 4.99 Å². The molecule has 1 heteroatoms. The van der Waals surface area contributed by atoms with Crippen LogP contribution in [-0.4, -0.2) is 12.3 Å². The van der Waals surface area contributed by atoms with Gasteiger partial charge in [-0.1, -0.05) is 20.3 Å². The Labute approximate surface area is 70.9 Å². The van der Waals surface area contributed by atoms with Crippen LogP contribution >= 0.6 is 0 Å². The standard InChI is InChI=1S/C10H21N/c1-5-7-10(6-2)8-11-9(3)4/h8-10H,5-7H2,1-4H3. The van der Waals surface area contributed by atoms with Gasteiger partial charge in [0.2, 0.25) is 0 Å². The van der Waals surface area contributed by atoms with E-state index in [1.807, 2.05) is 0 Å². The Morgan fingerprint density at radius 2 is 1.91 bits per heavy atom. The number of rotatable bonds is 5. The molecule has 0 N–H and O–H groups in total. The van der Waals surface area contributed by atoms with Gasteiger partial charge >= 0.3 is 0 Å². The van der Waals surface area contributed by atoms with E-state index < -0.39 is 0 Å². The Hall–Kier alpha value is -0.330. The van der Waals surface area contributed by atoms with Gasteiger partial charge in [0.15, 0.2) is 0 Å². The summed E-state index contributed by atoms with van der Waals surface area (Å²) in [5, 5.41) is 0. The Kier molecular flexibility index (Phi) is 6.19. The van der Waals surface area contributed by atoms with E-state index in [9.17, 15) is 0 Å². The summed E-state index contributed by atoms with van der Waals surface area (Å²) in [7, 11) is 0. The normalized spacial score (nSPS) is 14.6. The fourth-order valence-corrected chi connectivity index (χ4v) is 1.05. The van der Waals surface area contributed by atoms with Gasteiger partial charge in [-0.25, -0.2) is 0 Å².